The molecule has 1 aromatic heterocycles. The molecular weight excluding hydrogens is 406 g/mol. The molecule has 5 N–H and O–H groups in total. The number of nitrogens with two attached hydrogens (primary N) is 2. The third-order valence-electron chi connectivity index (χ3n) is 5.11. The molecule has 0 aliphatic rings. The summed E-state index contributed by atoms with van der Waals surface area (Å²) in [7, 11) is 0. The maximum absolute atomic E-state index is 6.25. The van der Waals surface area contributed by atoms with Gasteiger partial charge in [0.15, 0.2) is 0 Å². The van der Waals surface area contributed by atoms with Crippen LogP contribution < -0.4 is 16.8 Å². The van der Waals surface area contributed by atoms with Gasteiger partial charge in [-0.3, -0.25) is 0 Å². The van der Waals surface area contributed by atoms with E-state index in [9.17, 15) is 0 Å². The molecule has 4 rings (SSSR count). The fourth-order valence-electron chi connectivity index (χ4n) is 3.51. The van der Waals surface area contributed by atoms with Crippen LogP contribution in [0.3, 0.4) is 0 Å². The van der Waals surface area contributed by atoms with E-state index in [1.165, 1.54) is 5.56 Å². The van der Waals surface area contributed by atoms with Gasteiger partial charge in [0, 0.05) is 22.8 Å². The molecule has 0 fully saturated rings. The van der Waals surface area contributed by atoms with Crippen LogP contribution in [0.25, 0.3) is 11.1 Å². The van der Waals surface area contributed by atoms with Gasteiger partial charge in [-0.15, -0.1) is 0 Å². The fraction of sp³-hybridized carbons (Fsp3) is 0.120. The Bertz CT molecular complexity index is 1140. The van der Waals surface area contributed by atoms with Crippen molar-refractivity contribution in [2.24, 2.45) is 0 Å². The van der Waals surface area contributed by atoms with E-state index in [1.807, 2.05) is 66.7 Å². The minimum absolute atomic E-state index is 0.200. The number of halogens is 1. The molecule has 5 nitrogen and oxygen atoms in total. The molecule has 0 radical (unpaired) electrons. The average Bonchev–Trinajstić information content (AvgIpc) is 2.78. The van der Waals surface area contributed by atoms with Crippen molar-refractivity contribution in [2.45, 2.75) is 19.4 Å². The first kappa shape index (κ1) is 20.7. The highest BCUT2D eigenvalue weighted by molar-refractivity contribution is 6.30. The number of benzene rings is 3. The first-order chi connectivity index (χ1) is 15.1. The SMILES string of the molecule is Nc1nc(N)c(-c2ccc(NCc3ccc(Cl)cc3)cc2)c(CCc2ccccc2)n1. The molecule has 0 aliphatic carbocycles. The molecule has 3 aromatic carbocycles. The molecule has 0 bridgehead atoms. The first-order valence-corrected chi connectivity index (χ1v) is 10.5. The topological polar surface area (TPSA) is 89.8 Å². The lowest BCUT2D eigenvalue weighted by atomic mass is 9.99. The molecule has 4 aromatic rings. The smallest absolute Gasteiger partial charge is 0.222 e. The molecule has 0 saturated heterocycles. The average molecular weight is 430 g/mol. The van der Waals surface area contributed by atoms with Crippen LogP contribution in [0.4, 0.5) is 17.5 Å². The maximum atomic E-state index is 6.25. The van der Waals surface area contributed by atoms with Crippen LogP contribution in [0, 0.1) is 0 Å². The number of nitrogens with one attached hydrogen (secondary N) is 1. The van der Waals surface area contributed by atoms with Gasteiger partial charge in [-0.25, -0.2) is 4.98 Å². The second kappa shape index (κ2) is 9.49. The summed E-state index contributed by atoms with van der Waals surface area (Å²) in [5.74, 6) is 0.600. The van der Waals surface area contributed by atoms with E-state index in [-0.39, 0.29) is 5.95 Å². The predicted molar refractivity (Wildman–Crippen MR) is 129 cm³/mol. The molecule has 0 spiro atoms. The largest absolute Gasteiger partial charge is 0.383 e. The van der Waals surface area contributed by atoms with E-state index < -0.39 is 0 Å². The highest BCUT2D eigenvalue weighted by atomic mass is 35.5. The Hall–Kier alpha value is -3.57. The molecule has 0 atom stereocenters. The van der Waals surface area contributed by atoms with Gasteiger partial charge in [0.05, 0.1) is 5.69 Å². The van der Waals surface area contributed by atoms with Crippen molar-refractivity contribution in [2.75, 3.05) is 16.8 Å². The molecule has 0 unspecified atom stereocenters. The number of hydrogen-bond donors (Lipinski definition) is 3. The summed E-state index contributed by atoms with van der Waals surface area (Å²) in [5.41, 5.74) is 18.2. The molecule has 0 saturated carbocycles. The van der Waals surface area contributed by atoms with Gasteiger partial charge < -0.3 is 16.8 Å². The molecule has 0 amide bonds. The highest BCUT2D eigenvalue weighted by Gasteiger charge is 2.14. The number of nitrogen functional groups attached to an aromatic ring is 2. The van der Waals surface area contributed by atoms with Gasteiger partial charge in [-0.1, -0.05) is 66.2 Å². The Balaban J connectivity index is 1.52. The summed E-state index contributed by atoms with van der Waals surface area (Å²) in [6, 6.07) is 26.2. The minimum Gasteiger partial charge on any atom is -0.383 e. The van der Waals surface area contributed by atoms with Crippen LogP contribution in [0.5, 0.6) is 0 Å². The highest BCUT2D eigenvalue weighted by Crippen LogP contribution is 2.30. The van der Waals surface area contributed by atoms with Crippen molar-refractivity contribution in [1.82, 2.24) is 9.97 Å². The number of hydrogen-bond acceptors (Lipinski definition) is 5. The van der Waals surface area contributed by atoms with Gasteiger partial charge in [0.1, 0.15) is 5.82 Å². The maximum Gasteiger partial charge on any atom is 0.222 e. The van der Waals surface area contributed by atoms with E-state index in [0.29, 0.717) is 12.4 Å². The lowest BCUT2D eigenvalue weighted by molar-refractivity contribution is 0.910. The lowest BCUT2D eigenvalue weighted by Gasteiger charge is -2.13. The molecule has 1 heterocycles. The van der Waals surface area contributed by atoms with Crippen LogP contribution in [0.2, 0.25) is 5.02 Å². The number of anilines is 3. The van der Waals surface area contributed by atoms with E-state index in [0.717, 1.165) is 45.9 Å². The van der Waals surface area contributed by atoms with E-state index in [1.54, 1.807) is 0 Å². The number of nitrogens with zero attached hydrogens (tertiary/aromatic N) is 2. The van der Waals surface area contributed by atoms with Crippen molar-refractivity contribution in [3.8, 4) is 11.1 Å². The van der Waals surface area contributed by atoms with E-state index in [4.69, 9.17) is 23.1 Å². The van der Waals surface area contributed by atoms with Crippen molar-refractivity contribution >= 4 is 29.1 Å². The van der Waals surface area contributed by atoms with Crippen molar-refractivity contribution in [1.29, 1.82) is 0 Å². The zero-order valence-electron chi connectivity index (χ0n) is 17.1. The zero-order valence-corrected chi connectivity index (χ0v) is 17.8. The first-order valence-electron chi connectivity index (χ1n) is 10.1. The third kappa shape index (κ3) is 5.32. The summed E-state index contributed by atoms with van der Waals surface area (Å²) in [5, 5.41) is 4.15. The van der Waals surface area contributed by atoms with Crippen molar-refractivity contribution in [3.05, 3.63) is 101 Å². The summed E-state index contributed by atoms with van der Waals surface area (Å²) >= 11 is 5.95. The Morgan fingerprint density at radius 1 is 0.742 bits per heavy atom. The van der Waals surface area contributed by atoms with Gasteiger partial charge in [-0.2, -0.15) is 4.98 Å². The number of aromatic nitrogens is 2. The third-order valence-corrected chi connectivity index (χ3v) is 5.36. The van der Waals surface area contributed by atoms with E-state index in [2.05, 4.69) is 27.4 Å². The second-order valence-corrected chi connectivity index (χ2v) is 7.77. The Morgan fingerprint density at radius 3 is 2.16 bits per heavy atom. The predicted octanol–water partition coefficient (Wildman–Crippen LogP) is 5.36. The molecule has 0 aliphatic heterocycles. The molecular formula is C25H24ClN5. The number of aryl methyl sites for hydroxylation is 2. The quantitative estimate of drug-likeness (QED) is 0.368. The molecule has 31 heavy (non-hydrogen) atoms. The van der Waals surface area contributed by atoms with Crippen LogP contribution >= 0.6 is 11.6 Å². The standard InChI is InChI=1S/C25H24ClN5/c26-20-11-6-18(7-12-20)16-29-21-13-9-19(10-14-21)23-22(30-25(28)31-24(23)27)15-8-17-4-2-1-3-5-17/h1-7,9-14,29H,8,15-16H2,(H4,27,28,30,31). The van der Waals surface area contributed by atoms with Gasteiger partial charge in [-0.05, 0) is 53.8 Å². The van der Waals surface area contributed by atoms with Crippen LogP contribution in [0.15, 0.2) is 78.9 Å². The van der Waals surface area contributed by atoms with Crippen LogP contribution in [-0.2, 0) is 19.4 Å². The fourth-order valence-corrected chi connectivity index (χ4v) is 3.64. The Kier molecular flexibility index (Phi) is 6.34. The van der Waals surface area contributed by atoms with Crippen LogP contribution in [0.1, 0.15) is 16.8 Å². The monoisotopic (exact) mass is 429 g/mol. The van der Waals surface area contributed by atoms with Crippen molar-refractivity contribution in [3.63, 3.8) is 0 Å². The molecule has 6 heteroatoms. The summed E-state index contributed by atoms with van der Waals surface area (Å²) in [6.07, 6.45) is 1.58. The Morgan fingerprint density at radius 2 is 1.45 bits per heavy atom. The zero-order chi connectivity index (χ0) is 21.6. The van der Waals surface area contributed by atoms with Crippen molar-refractivity contribution < 1.29 is 0 Å². The van der Waals surface area contributed by atoms with E-state index >= 15 is 0 Å². The van der Waals surface area contributed by atoms with Gasteiger partial charge >= 0.3 is 0 Å². The minimum atomic E-state index is 0.200. The lowest BCUT2D eigenvalue weighted by Crippen LogP contribution is -2.08. The normalized spacial score (nSPS) is 10.7. The summed E-state index contributed by atoms with van der Waals surface area (Å²) in [4.78, 5) is 8.68. The molecule has 156 valence electrons. The second-order valence-electron chi connectivity index (χ2n) is 7.33. The summed E-state index contributed by atoms with van der Waals surface area (Å²) < 4.78 is 0. The van der Waals surface area contributed by atoms with Crippen LogP contribution in [-0.4, -0.2) is 9.97 Å². The Labute approximate surface area is 187 Å². The van der Waals surface area contributed by atoms with Gasteiger partial charge in [0.25, 0.3) is 0 Å². The number of rotatable bonds is 7. The summed E-state index contributed by atoms with van der Waals surface area (Å²) in [6.45, 7) is 0.714. The van der Waals surface area contributed by atoms with Gasteiger partial charge in [0.2, 0.25) is 5.95 Å².